The molecular weight excluding hydrogens is 254 g/mol. The van der Waals surface area contributed by atoms with Crippen LogP contribution in [0.25, 0.3) is 0 Å². The molecule has 1 aromatic carbocycles. The third-order valence-electron chi connectivity index (χ3n) is 2.48. The molecule has 102 valence electrons. The Labute approximate surface area is 109 Å². The van der Waals surface area contributed by atoms with E-state index in [1.807, 2.05) is 0 Å². The number of hydrogen-bond donors (Lipinski definition) is 3. The second kappa shape index (κ2) is 6.71. The first-order valence-corrected chi connectivity index (χ1v) is 5.57. The largest absolute Gasteiger partial charge is 0.386 e. The summed E-state index contributed by atoms with van der Waals surface area (Å²) in [6.45, 7) is 1.44. The van der Waals surface area contributed by atoms with Gasteiger partial charge >= 0.3 is 6.03 Å². The number of amides is 2. The van der Waals surface area contributed by atoms with E-state index in [4.69, 9.17) is 6.42 Å². The van der Waals surface area contributed by atoms with Gasteiger partial charge in [0.15, 0.2) is 0 Å². The SMILES string of the molecule is C#CCNC(=O)N[C@H](C)[C@@H](O)c1c(F)cccc1F. The lowest BCUT2D eigenvalue weighted by Crippen LogP contribution is -2.43. The highest BCUT2D eigenvalue weighted by Crippen LogP contribution is 2.23. The Morgan fingerprint density at radius 1 is 1.47 bits per heavy atom. The van der Waals surface area contributed by atoms with Gasteiger partial charge in [-0.3, -0.25) is 0 Å². The van der Waals surface area contributed by atoms with Gasteiger partial charge in [0.05, 0.1) is 18.2 Å². The van der Waals surface area contributed by atoms with Crippen molar-refractivity contribution >= 4 is 6.03 Å². The zero-order valence-electron chi connectivity index (χ0n) is 10.3. The molecule has 1 aromatic rings. The molecule has 1 rings (SSSR count). The maximum Gasteiger partial charge on any atom is 0.315 e. The average molecular weight is 268 g/mol. The lowest BCUT2D eigenvalue weighted by atomic mass is 10.0. The van der Waals surface area contributed by atoms with E-state index in [0.717, 1.165) is 12.1 Å². The Morgan fingerprint density at radius 2 is 2.05 bits per heavy atom. The van der Waals surface area contributed by atoms with E-state index in [1.54, 1.807) is 0 Å². The Balaban J connectivity index is 2.75. The minimum Gasteiger partial charge on any atom is -0.386 e. The summed E-state index contributed by atoms with van der Waals surface area (Å²) in [7, 11) is 0. The minimum atomic E-state index is -1.50. The normalized spacial score (nSPS) is 13.2. The highest BCUT2D eigenvalue weighted by molar-refractivity contribution is 5.74. The first-order chi connectivity index (χ1) is 8.97. The molecule has 3 N–H and O–H groups in total. The van der Waals surface area contributed by atoms with Crippen molar-refractivity contribution in [3.8, 4) is 12.3 Å². The van der Waals surface area contributed by atoms with Crippen LogP contribution in [0.2, 0.25) is 0 Å². The van der Waals surface area contributed by atoms with Crippen LogP contribution in [0.5, 0.6) is 0 Å². The Morgan fingerprint density at radius 3 is 2.58 bits per heavy atom. The second-order valence-corrected chi connectivity index (χ2v) is 3.90. The summed E-state index contributed by atoms with van der Waals surface area (Å²) < 4.78 is 26.9. The molecule has 0 aliphatic rings. The van der Waals surface area contributed by atoms with Gasteiger partial charge in [0.1, 0.15) is 17.7 Å². The highest BCUT2D eigenvalue weighted by atomic mass is 19.1. The van der Waals surface area contributed by atoms with E-state index < -0.39 is 35.4 Å². The molecular formula is C13H14F2N2O2. The average Bonchev–Trinajstić information content (AvgIpc) is 2.35. The molecule has 2 amide bonds. The summed E-state index contributed by atoms with van der Waals surface area (Å²) >= 11 is 0. The smallest absolute Gasteiger partial charge is 0.315 e. The molecule has 0 saturated heterocycles. The standard InChI is InChI=1S/C13H14F2N2O2/c1-3-7-16-13(19)17-8(2)12(18)11-9(14)5-4-6-10(11)15/h1,4-6,8,12,18H,7H2,2H3,(H2,16,17,19)/t8-,12-/m1/s1. The summed E-state index contributed by atoms with van der Waals surface area (Å²) in [5, 5.41) is 14.5. The molecule has 0 unspecified atom stereocenters. The van der Waals surface area contributed by atoms with Gasteiger partial charge in [-0.1, -0.05) is 12.0 Å². The molecule has 0 aliphatic heterocycles. The van der Waals surface area contributed by atoms with Crippen molar-refractivity contribution in [2.45, 2.75) is 19.1 Å². The maximum atomic E-state index is 13.4. The van der Waals surface area contributed by atoms with Crippen LogP contribution in [0.15, 0.2) is 18.2 Å². The van der Waals surface area contributed by atoms with Crippen molar-refractivity contribution in [1.29, 1.82) is 0 Å². The summed E-state index contributed by atoms with van der Waals surface area (Å²) in [4.78, 5) is 11.3. The number of urea groups is 1. The van der Waals surface area contributed by atoms with E-state index in [0.29, 0.717) is 0 Å². The van der Waals surface area contributed by atoms with Crippen LogP contribution in [0.4, 0.5) is 13.6 Å². The van der Waals surface area contributed by atoms with Crippen LogP contribution >= 0.6 is 0 Å². The van der Waals surface area contributed by atoms with Gasteiger partial charge in [-0.25, -0.2) is 13.6 Å². The molecule has 0 heterocycles. The summed E-state index contributed by atoms with van der Waals surface area (Å²) in [6.07, 6.45) is 3.46. The van der Waals surface area contributed by atoms with Gasteiger partial charge in [0.25, 0.3) is 0 Å². The van der Waals surface area contributed by atoms with Crippen molar-refractivity contribution in [1.82, 2.24) is 10.6 Å². The molecule has 6 heteroatoms. The van der Waals surface area contributed by atoms with Crippen LogP contribution in [0.3, 0.4) is 0 Å². The van der Waals surface area contributed by atoms with E-state index in [2.05, 4.69) is 16.6 Å². The second-order valence-electron chi connectivity index (χ2n) is 3.90. The van der Waals surface area contributed by atoms with Gasteiger partial charge < -0.3 is 15.7 Å². The zero-order valence-corrected chi connectivity index (χ0v) is 10.3. The van der Waals surface area contributed by atoms with Crippen molar-refractivity contribution in [3.05, 3.63) is 35.4 Å². The van der Waals surface area contributed by atoms with Crippen LogP contribution in [-0.4, -0.2) is 23.7 Å². The molecule has 0 fully saturated rings. The molecule has 0 aromatic heterocycles. The summed E-state index contributed by atoms with van der Waals surface area (Å²) in [5.41, 5.74) is -0.479. The predicted octanol–water partition coefficient (Wildman–Crippen LogP) is 1.32. The van der Waals surface area contributed by atoms with Crippen LogP contribution < -0.4 is 10.6 Å². The van der Waals surface area contributed by atoms with E-state index in [9.17, 15) is 18.7 Å². The number of halogens is 2. The lowest BCUT2D eigenvalue weighted by Gasteiger charge is -2.21. The zero-order chi connectivity index (χ0) is 14.4. The van der Waals surface area contributed by atoms with Crippen molar-refractivity contribution in [3.63, 3.8) is 0 Å². The van der Waals surface area contributed by atoms with Crippen molar-refractivity contribution in [2.24, 2.45) is 0 Å². The van der Waals surface area contributed by atoms with Crippen molar-refractivity contribution < 1.29 is 18.7 Å². The van der Waals surface area contributed by atoms with Gasteiger partial charge in [-0.15, -0.1) is 6.42 Å². The molecule has 0 bridgehead atoms. The van der Waals surface area contributed by atoms with E-state index >= 15 is 0 Å². The number of carbonyl (C=O) groups excluding carboxylic acids is 1. The summed E-state index contributed by atoms with van der Waals surface area (Å²) in [5.74, 6) is 0.456. The number of hydrogen-bond acceptors (Lipinski definition) is 2. The third-order valence-corrected chi connectivity index (χ3v) is 2.48. The highest BCUT2D eigenvalue weighted by Gasteiger charge is 2.24. The lowest BCUT2D eigenvalue weighted by molar-refractivity contribution is 0.129. The van der Waals surface area contributed by atoms with Gasteiger partial charge in [0, 0.05) is 0 Å². The number of carbonyl (C=O) groups is 1. The Kier molecular flexibility index (Phi) is 5.27. The number of benzene rings is 1. The first-order valence-electron chi connectivity index (χ1n) is 5.57. The van der Waals surface area contributed by atoms with Gasteiger partial charge in [-0.2, -0.15) is 0 Å². The number of aliphatic hydroxyl groups excluding tert-OH is 1. The monoisotopic (exact) mass is 268 g/mol. The third kappa shape index (κ3) is 3.93. The molecule has 0 aliphatic carbocycles. The fourth-order valence-corrected chi connectivity index (χ4v) is 1.51. The maximum absolute atomic E-state index is 13.4. The molecule has 19 heavy (non-hydrogen) atoms. The fourth-order valence-electron chi connectivity index (χ4n) is 1.51. The number of aliphatic hydroxyl groups is 1. The quantitative estimate of drug-likeness (QED) is 0.721. The molecule has 4 nitrogen and oxygen atoms in total. The minimum absolute atomic E-state index is 0.0166. The topological polar surface area (TPSA) is 61.4 Å². The molecule has 0 spiro atoms. The number of terminal acetylenes is 1. The first kappa shape index (κ1) is 14.9. The van der Waals surface area contributed by atoms with Crippen LogP contribution in [0, 0.1) is 24.0 Å². The van der Waals surface area contributed by atoms with Crippen molar-refractivity contribution in [2.75, 3.05) is 6.54 Å². The van der Waals surface area contributed by atoms with E-state index in [1.165, 1.54) is 13.0 Å². The molecule has 0 saturated carbocycles. The fraction of sp³-hybridized carbons (Fsp3) is 0.308. The number of nitrogens with one attached hydrogen (secondary N) is 2. The molecule has 0 radical (unpaired) electrons. The number of rotatable bonds is 4. The van der Waals surface area contributed by atoms with Gasteiger partial charge in [0.2, 0.25) is 0 Å². The summed E-state index contributed by atoms with van der Waals surface area (Å²) in [6, 6.07) is 1.75. The van der Waals surface area contributed by atoms with Crippen LogP contribution in [-0.2, 0) is 0 Å². The van der Waals surface area contributed by atoms with Gasteiger partial charge in [-0.05, 0) is 19.1 Å². The van der Waals surface area contributed by atoms with Crippen LogP contribution in [0.1, 0.15) is 18.6 Å². The Bertz CT molecular complexity index is 480. The Hall–Kier alpha value is -2.13. The van der Waals surface area contributed by atoms with E-state index in [-0.39, 0.29) is 6.54 Å². The molecule has 2 atom stereocenters. The predicted molar refractivity (Wildman–Crippen MR) is 66.1 cm³/mol.